The van der Waals surface area contributed by atoms with Gasteiger partial charge in [0.15, 0.2) is 5.15 Å². The number of piperidine rings is 1. The summed E-state index contributed by atoms with van der Waals surface area (Å²) < 4.78 is 33.0. The van der Waals surface area contributed by atoms with E-state index < -0.39 is 13.0 Å². The molecule has 3 heterocycles. The maximum absolute atomic E-state index is 13.1. The fourth-order valence-corrected chi connectivity index (χ4v) is 5.01. The van der Waals surface area contributed by atoms with E-state index in [4.69, 9.17) is 27.9 Å². The Balaban J connectivity index is 1.32. The number of alkyl halides is 2. The van der Waals surface area contributed by atoms with Gasteiger partial charge in [-0.3, -0.25) is 0 Å². The highest BCUT2D eigenvalue weighted by Crippen LogP contribution is 2.40. The first-order valence-corrected chi connectivity index (χ1v) is 11.4. The maximum Gasteiger partial charge on any atom is 0.322 e. The standard InChI is InChI=1S/C21H21Cl2F2N7O/c22-14-2-1-3-16(6-14)33-21-28-20(30-32(21)11-18(24)25)27-19-12-4-5-13(19)10-31(9-12)15-7-17(23)29-26-8-15/h1-3,6-8,12-13,18-19H,4-5,9-11H2,(H,27,30)/t12-,13+,19-. The molecule has 2 aliphatic rings. The van der Waals surface area contributed by atoms with Gasteiger partial charge in [-0.15, -0.1) is 10.2 Å². The molecule has 1 aromatic carbocycles. The number of hydrogen-bond donors (Lipinski definition) is 1. The summed E-state index contributed by atoms with van der Waals surface area (Å²) in [5.74, 6) is 1.36. The molecule has 1 saturated heterocycles. The fourth-order valence-electron chi connectivity index (χ4n) is 4.67. The van der Waals surface area contributed by atoms with Gasteiger partial charge in [0.1, 0.15) is 12.3 Å². The zero-order chi connectivity index (χ0) is 22.9. The quantitative estimate of drug-likeness (QED) is 0.505. The predicted molar refractivity (Wildman–Crippen MR) is 120 cm³/mol. The van der Waals surface area contributed by atoms with Gasteiger partial charge in [0.05, 0.1) is 11.9 Å². The van der Waals surface area contributed by atoms with Crippen molar-refractivity contribution in [2.24, 2.45) is 11.8 Å². The normalized spacial score (nSPS) is 22.1. The molecule has 1 saturated carbocycles. The Morgan fingerprint density at radius 2 is 1.94 bits per heavy atom. The molecule has 2 fully saturated rings. The number of anilines is 2. The average Bonchev–Trinajstić information content (AvgIpc) is 3.22. The molecule has 1 aliphatic carbocycles. The van der Waals surface area contributed by atoms with Crippen LogP contribution in [0.25, 0.3) is 0 Å². The molecule has 8 nitrogen and oxygen atoms in total. The minimum absolute atomic E-state index is 0.0117. The second-order valence-electron chi connectivity index (χ2n) is 8.26. The molecule has 33 heavy (non-hydrogen) atoms. The van der Waals surface area contributed by atoms with Crippen molar-refractivity contribution in [2.75, 3.05) is 23.3 Å². The molecular weight excluding hydrogens is 475 g/mol. The summed E-state index contributed by atoms with van der Waals surface area (Å²) in [4.78, 5) is 6.62. The third-order valence-electron chi connectivity index (χ3n) is 6.06. The van der Waals surface area contributed by atoms with Gasteiger partial charge in [0, 0.05) is 30.2 Å². The third-order valence-corrected chi connectivity index (χ3v) is 6.48. The van der Waals surface area contributed by atoms with Crippen LogP contribution in [0.2, 0.25) is 10.2 Å². The van der Waals surface area contributed by atoms with Crippen molar-refractivity contribution in [2.45, 2.75) is 31.9 Å². The van der Waals surface area contributed by atoms with Crippen LogP contribution in [-0.4, -0.2) is 50.5 Å². The summed E-state index contributed by atoms with van der Waals surface area (Å²) >= 11 is 12.0. The number of fused-ring (bicyclic) bond motifs is 2. The van der Waals surface area contributed by atoms with E-state index in [1.807, 2.05) is 6.07 Å². The van der Waals surface area contributed by atoms with E-state index in [9.17, 15) is 8.78 Å². The molecule has 3 aromatic rings. The van der Waals surface area contributed by atoms with Crippen LogP contribution in [0.15, 0.2) is 36.5 Å². The second-order valence-corrected chi connectivity index (χ2v) is 9.08. The zero-order valence-corrected chi connectivity index (χ0v) is 18.9. The van der Waals surface area contributed by atoms with Gasteiger partial charge in [-0.05, 0) is 42.9 Å². The van der Waals surface area contributed by atoms with Crippen LogP contribution in [0.1, 0.15) is 12.8 Å². The van der Waals surface area contributed by atoms with Crippen LogP contribution in [0.5, 0.6) is 11.8 Å². The van der Waals surface area contributed by atoms with Gasteiger partial charge < -0.3 is 15.0 Å². The smallest absolute Gasteiger partial charge is 0.322 e. The van der Waals surface area contributed by atoms with Gasteiger partial charge in [-0.25, -0.2) is 13.5 Å². The lowest BCUT2D eigenvalue weighted by Crippen LogP contribution is -2.48. The summed E-state index contributed by atoms with van der Waals surface area (Å²) in [6.07, 6.45) is 1.22. The molecule has 2 aromatic heterocycles. The number of aromatic nitrogens is 5. The summed E-state index contributed by atoms with van der Waals surface area (Å²) in [6.45, 7) is 1.02. The molecule has 0 amide bonds. The van der Waals surface area contributed by atoms with Crippen LogP contribution >= 0.6 is 23.2 Å². The zero-order valence-electron chi connectivity index (χ0n) is 17.4. The van der Waals surface area contributed by atoms with Gasteiger partial charge in [-0.1, -0.05) is 29.3 Å². The molecule has 3 atom stereocenters. The topological polar surface area (TPSA) is 81.0 Å². The van der Waals surface area contributed by atoms with Crippen molar-refractivity contribution in [3.05, 3.63) is 46.7 Å². The summed E-state index contributed by atoms with van der Waals surface area (Å²) in [5.41, 5.74) is 0.946. The molecule has 0 unspecified atom stereocenters. The molecule has 1 aliphatic heterocycles. The van der Waals surface area contributed by atoms with Gasteiger partial charge in [-0.2, -0.15) is 10.1 Å². The van der Waals surface area contributed by atoms with E-state index in [1.165, 1.54) is 0 Å². The van der Waals surface area contributed by atoms with E-state index in [2.05, 4.69) is 30.5 Å². The fraction of sp³-hybridized carbons (Fsp3) is 0.429. The van der Waals surface area contributed by atoms with Crippen LogP contribution < -0.4 is 15.0 Å². The van der Waals surface area contributed by atoms with Crippen molar-refractivity contribution in [3.8, 4) is 11.8 Å². The number of ether oxygens (including phenoxy) is 1. The van der Waals surface area contributed by atoms with Gasteiger partial charge >= 0.3 is 6.01 Å². The molecule has 1 N–H and O–H groups in total. The van der Waals surface area contributed by atoms with Gasteiger partial charge in [0.25, 0.3) is 6.43 Å². The Hall–Kier alpha value is -2.72. The molecule has 0 spiro atoms. The minimum atomic E-state index is -2.60. The van der Waals surface area contributed by atoms with E-state index in [0.29, 0.717) is 27.8 Å². The Labute approximate surface area is 198 Å². The summed E-state index contributed by atoms with van der Waals surface area (Å²) in [5, 5.41) is 16.2. The Kier molecular flexibility index (Phi) is 6.20. The first kappa shape index (κ1) is 22.1. The van der Waals surface area contributed by atoms with E-state index in [0.717, 1.165) is 36.3 Å². The highest BCUT2D eigenvalue weighted by Gasteiger charge is 2.42. The Morgan fingerprint density at radius 3 is 2.64 bits per heavy atom. The van der Waals surface area contributed by atoms with Crippen LogP contribution in [0.4, 0.5) is 20.4 Å². The molecule has 2 bridgehead atoms. The minimum Gasteiger partial charge on any atom is -0.424 e. The van der Waals surface area contributed by atoms with Crippen LogP contribution in [0.3, 0.4) is 0 Å². The first-order valence-electron chi connectivity index (χ1n) is 10.6. The molecule has 12 heteroatoms. The number of nitrogens with one attached hydrogen (secondary N) is 1. The van der Waals surface area contributed by atoms with Gasteiger partial charge in [0.2, 0.25) is 5.95 Å². The predicted octanol–water partition coefficient (Wildman–Crippen LogP) is 4.76. The van der Waals surface area contributed by atoms with E-state index >= 15 is 0 Å². The van der Waals surface area contributed by atoms with Crippen molar-refractivity contribution in [1.82, 2.24) is 25.0 Å². The van der Waals surface area contributed by atoms with Crippen molar-refractivity contribution in [3.63, 3.8) is 0 Å². The lowest BCUT2D eigenvalue weighted by molar-refractivity contribution is 0.118. The van der Waals surface area contributed by atoms with Crippen LogP contribution in [0, 0.1) is 11.8 Å². The summed E-state index contributed by atoms with van der Waals surface area (Å²) in [7, 11) is 0. The third kappa shape index (κ3) is 4.96. The molecule has 5 rings (SSSR count). The second kappa shape index (κ2) is 9.26. The first-order chi connectivity index (χ1) is 15.9. The maximum atomic E-state index is 13.1. The lowest BCUT2D eigenvalue weighted by atomic mass is 9.92. The Bertz CT molecular complexity index is 1120. The largest absolute Gasteiger partial charge is 0.424 e. The number of benzene rings is 1. The Morgan fingerprint density at radius 1 is 1.15 bits per heavy atom. The van der Waals surface area contributed by atoms with Crippen molar-refractivity contribution < 1.29 is 13.5 Å². The number of nitrogens with zero attached hydrogens (tertiary/aromatic N) is 6. The monoisotopic (exact) mass is 495 g/mol. The summed E-state index contributed by atoms with van der Waals surface area (Å²) in [6, 6.07) is 8.61. The molecular formula is C21H21Cl2F2N7O. The van der Waals surface area contributed by atoms with E-state index in [-0.39, 0.29) is 18.0 Å². The van der Waals surface area contributed by atoms with Crippen LogP contribution in [-0.2, 0) is 6.54 Å². The molecule has 0 radical (unpaired) electrons. The SMILES string of the molecule is FC(F)Cn1nc(N[C@@H]2[C@@H]3CC[C@H]2CN(c2cnnc(Cl)c2)C3)nc1Oc1cccc(Cl)c1. The molecule has 174 valence electrons. The number of halogens is 4. The van der Waals surface area contributed by atoms with Crippen molar-refractivity contribution in [1.29, 1.82) is 0 Å². The lowest BCUT2D eigenvalue weighted by Gasteiger charge is -2.39. The average molecular weight is 496 g/mol. The highest BCUT2D eigenvalue weighted by atomic mass is 35.5. The van der Waals surface area contributed by atoms with Crippen molar-refractivity contribution >= 4 is 34.8 Å². The number of hydrogen-bond acceptors (Lipinski definition) is 7. The van der Waals surface area contributed by atoms with E-state index in [1.54, 1.807) is 30.5 Å². The highest BCUT2D eigenvalue weighted by molar-refractivity contribution is 6.30. The number of rotatable bonds is 7.